The number of amides is 2. The van der Waals surface area contributed by atoms with Gasteiger partial charge in [0, 0.05) is 33.2 Å². The van der Waals surface area contributed by atoms with Gasteiger partial charge in [-0.1, -0.05) is 13.8 Å². The van der Waals surface area contributed by atoms with Crippen LogP contribution in [0, 0.1) is 5.92 Å². The summed E-state index contributed by atoms with van der Waals surface area (Å²) in [6.45, 7) is 5.96. The summed E-state index contributed by atoms with van der Waals surface area (Å²) in [6.07, 6.45) is 1.86. The number of likely N-dealkylation sites (tertiary alicyclic amines) is 1. The lowest BCUT2D eigenvalue weighted by Crippen LogP contribution is -2.54. The molecule has 0 aromatic carbocycles. The standard InChI is InChI=1S/C14H27N3O3.ClH/c1-4-14(5-2,10-15)16-13(19)11-8-12(18)17(9-11)6-7-20-3;/h11H,4-10,15H2,1-3H3,(H,16,19);1H. The van der Waals surface area contributed by atoms with Crippen molar-refractivity contribution < 1.29 is 14.3 Å². The van der Waals surface area contributed by atoms with E-state index in [2.05, 4.69) is 5.32 Å². The Hall–Kier alpha value is -0.850. The second kappa shape index (κ2) is 9.23. The van der Waals surface area contributed by atoms with Gasteiger partial charge in [-0.05, 0) is 12.8 Å². The average molecular weight is 322 g/mol. The topological polar surface area (TPSA) is 84.7 Å². The van der Waals surface area contributed by atoms with Crippen LogP contribution in [0.2, 0.25) is 0 Å². The van der Waals surface area contributed by atoms with Crippen molar-refractivity contribution in [1.82, 2.24) is 10.2 Å². The maximum atomic E-state index is 12.3. The number of halogens is 1. The summed E-state index contributed by atoms with van der Waals surface area (Å²) in [6, 6.07) is 0. The number of nitrogens with zero attached hydrogens (tertiary/aromatic N) is 1. The minimum Gasteiger partial charge on any atom is -0.383 e. The molecule has 0 radical (unpaired) electrons. The number of nitrogens with one attached hydrogen (secondary N) is 1. The third kappa shape index (κ3) is 5.13. The molecule has 1 unspecified atom stereocenters. The molecule has 0 aromatic rings. The van der Waals surface area contributed by atoms with Gasteiger partial charge in [0.05, 0.1) is 18.1 Å². The molecule has 7 heteroatoms. The van der Waals surface area contributed by atoms with E-state index in [0.29, 0.717) is 26.2 Å². The molecule has 1 rings (SSSR count). The minimum absolute atomic E-state index is 0. The van der Waals surface area contributed by atoms with E-state index in [4.69, 9.17) is 10.5 Å². The van der Waals surface area contributed by atoms with Crippen molar-refractivity contribution in [1.29, 1.82) is 0 Å². The van der Waals surface area contributed by atoms with Crippen LogP contribution in [-0.2, 0) is 14.3 Å². The molecule has 21 heavy (non-hydrogen) atoms. The largest absolute Gasteiger partial charge is 0.383 e. The lowest BCUT2D eigenvalue weighted by atomic mass is 9.91. The van der Waals surface area contributed by atoms with Crippen molar-refractivity contribution >= 4 is 24.2 Å². The first kappa shape index (κ1) is 20.1. The molecule has 1 heterocycles. The number of hydrogen-bond donors (Lipinski definition) is 2. The Labute approximate surface area is 133 Å². The van der Waals surface area contributed by atoms with Crippen molar-refractivity contribution in [2.75, 3.05) is 33.4 Å². The van der Waals surface area contributed by atoms with Gasteiger partial charge in [-0.3, -0.25) is 9.59 Å². The van der Waals surface area contributed by atoms with Crippen LogP contribution in [-0.4, -0.2) is 55.6 Å². The van der Waals surface area contributed by atoms with Gasteiger partial charge < -0.3 is 20.7 Å². The van der Waals surface area contributed by atoms with Gasteiger partial charge in [0.25, 0.3) is 0 Å². The molecule has 1 fully saturated rings. The Bertz CT molecular complexity index is 340. The molecule has 1 saturated heterocycles. The molecule has 0 aromatic heterocycles. The predicted octanol–water partition coefficient (Wildman–Crippen LogP) is 0.537. The zero-order valence-electron chi connectivity index (χ0n) is 13.2. The van der Waals surface area contributed by atoms with E-state index in [-0.39, 0.29) is 42.1 Å². The summed E-state index contributed by atoms with van der Waals surface area (Å²) in [5, 5.41) is 3.04. The Morgan fingerprint density at radius 1 is 1.48 bits per heavy atom. The summed E-state index contributed by atoms with van der Waals surface area (Å²) >= 11 is 0. The minimum atomic E-state index is -0.347. The fourth-order valence-electron chi connectivity index (χ4n) is 2.50. The van der Waals surface area contributed by atoms with Crippen molar-refractivity contribution in [3.05, 3.63) is 0 Å². The van der Waals surface area contributed by atoms with E-state index in [1.165, 1.54) is 0 Å². The summed E-state index contributed by atoms with van der Waals surface area (Å²) in [4.78, 5) is 25.9. The fraction of sp³-hybridized carbons (Fsp3) is 0.857. The maximum Gasteiger partial charge on any atom is 0.225 e. The molecule has 0 aliphatic carbocycles. The Morgan fingerprint density at radius 3 is 2.57 bits per heavy atom. The molecule has 1 aliphatic heterocycles. The molecule has 3 N–H and O–H groups in total. The highest BCUT2D eigenvalue weighted by atomic mass is 35.5. The van der Waals surface area contributed by atoms with Gasteiger partial charge >= 0.3 is 0 Å². The molecule has 6 nitrogen and oxygen atoms in total. The zero-order chi connectivity index (χ0) is 15.2. The van der Waals surface area contributed by atoms with Crippen molar-refractivity contribution in [2.24, 2.45) is 11.7 Å². The van der Waals surface area contributed by atoms with Gasteiger partial charge in [-0.25, -0.2) is 0 Å². The monoisotopic (exact) mass is 321 g/mol. The van der Waals surface area contributed by atoms with Crippen LogP contribution in [0.4, 0.5) is 0 Å². The van der Waals surface area contributed by atoms with Crippen LogP contribution >= 0.6 is 12.4 Å². The summed E-state index contributed by atoms with van der Waals surface area (Å²) in [5.74, 6) is -0.315. The fourth-order valence-corrected chi connectivity index (χ4v) is 2.50. The Morgan fingerprint density at radius 2 is 2.10 bits per heavy atom. The van der Waals surface area contributed by atoms with Gasteiger partial charge in [0.15, 0.2) is 0 Å². The second-order valence-corrected chi connectivity index (χ2v) is 5.41. The first-order chi connectivity index (χ1) is 9.51. The van der Waals surface area contributed by atoms with E-state index in [9.17, 15) is 9.59 Å². The SMILES string of the molecule is CCC(CC)(CN)NC(=O)C1CC(=O)N(CCOC)C1.Cl. The second-order valence-electron chi connectivity index (χ2n) is 5.41. The third-order valence-corrected chi connectivity index (χ3v) is 4.28. The van der Waals surface area contributed by atoms with E-state index in [0.717, 1.165) is 12.8 Å². The molecule has 1 atom stereocenters. The van der Waals surface area contributed by atoms with E-state index in [1.807, 2.05) is 13.8 Å². The highest BCUT2D eigenvalue weighted by Gasteiger charge is 2.37. The van der Waals surface area contributed by atoms with Crippen molar-refractivity contribution in [3.63, 3.8) is 0 Å². The molecule has 0 bridgehead atoms. The maximum absolute atomic E-state index is 12.3. The van der Waals surface area contributed by atoms with Gasteiger partial charge in [-0.15, -0.1) is 12.4 Å². The number of nitrogens with two attached hydrogens (primary N) is 1. The van der Waals surface area contributed by atoms with Crippen molar-refractivity contribution in [2.45, 2.75) is 38.6 Å². The highest BCUT2D eigenvalue weighted by molar-refractivity contribution is 5.89. The van der Waals surface area contributed by atoms with Gasteiger partial charge in [-0.2, -0.15) is 0 Å². The molecule has 2 amide bonds. The number of ether oxygens (including phenoxy) is 1. The van der Waals surface area contributed by atoms with E-state index < -0.39 is 0 Å². The van der Waals surface area contributed by atoms with Crippen LogP contribution < -0.4 is 11.1 Å². The summed E-state index contributed by atoms with van der Waals surface area (Å²) in [7, 11) is 1.60. The first-order valence-corrected chi connectivity index (χ1v) is 7.30. The number of carbonyl (C=O) groups excluding carboxylic acids is 2. The quantitative estimate of drug-likeness (QED) is 0.683. The van der Waals surface area contributed by atoms with Crippen LogP contribution in [0.1, 0.15) is 33.1 Å². The lowest BCUT2D eigenvalue weighted by molar-refractivity contribution is -0.129. The van der Waals surface area contributed by atoms with Crippen LogP contribution in [0.25, 0.3) is 0 Å². The Kier molecular flexibility index (Phi) is 8.85. The van der Waals surface area contributed by atoms with Crippen molar-refractivity contribution in [3.8, 4) is 0 Å². The van der Waals surface area contributed by atoms with Gasteiger partial charge in [0.2, 0.25) is 11.8 Å². The molecule has 0 spiro atoms. The number of carbonyl (C=O) groups is 2. The predicted molar refractivity (Wildman–Crippen MR) is 84.3 cm³/mol. The first-order valence-electron chi connectivity index (χ1n) is 7.30. The van der Waals surface area contributed by atoms with E-state index in [1.54, 1.807) is 12.0 Å². The zero-order valence-corrected chi connectivity index (χ0v) is 14.0. The summed E-state index contributed by atoms with van der Waals surface area (Å²) < 4.78 is 4.97. The summed E-state index contributed by atoms with van der Waals surface area (Å²) in [5.41, 5.74) is 5.44. The average Bonchev–Trinajstić information content (AvgIpc) is 2.84. The molecule has 1 aliphatic rings. The third-order valence-electron chi connectivity index (χ3n) is 4.28. The number of methoxy groups -OCH3 is 1. The van der Waals surface area contributed by atoms with Crippen LogP contribution in [0.15, 0.2) is 0 Å². The number of rotatable bonds is 8. The van der Waals surface area contributed by atoms with Gasteiger partial charge in [0.1, 0.15) is 0 Å². The highest BCUT2D eigenvalue weighted by Crippen LogP contribution is 2.20. The normalized spacial score (nSPS) is 18.6. The van der Waals surface area contributed by atoms with E-state index >= 15 is 0 Å². The molecular formula is C14H28ClN3O3. The smallest absolute Gasteiger partial charge is 0.225 e. The molecule has 0 saturated carbocycles. The van der Waals surface area contributed by atoms with Crippen LogP contribution in [0.5, 0.6) is 0 Å². The lowest BCUT2D eigenvalue weighted by Gasteiger charge is -2.32. The Balaban J connectivity index is 0.00000400. The molecule has 124 valence electrons. The van der Waals surface area contributed by atoms with Crippen LogP contribution in [0.3, 0.4) is 0 Å². The molecular weight excluding hydrogens is 294 g/mol. The number of hydrogen-bond acceptors (Lipinski definition) is 4.